The van der Waals surface area contributed by atoms with E-state index in [2.05, 4.69) is 31.2 Å². The Balaban J connectivity index is 2.65. The standard InChI is InChI=1S/C9H17N3/c1-7(2)11-8(3)9-5-6-10-12(9)4/h5-8,11H,1-4H3. The minimum atomic E-state index is 0.373. The summed E-state index contributed by atoms with van der Waals surface area (Å²) in [6, 6.07) is 2.92. The lowest BCUT2D eigenvalue weighted by atomic mass is 10.2. The van der Waals surface area contributed by atoms with E-state index in [9.17, 15) is 0 Å². The molecule has 1 aromatic heterocycles. The first-order valence-electron chi connectivity index (χ1n) is 4.35. The van der Waals surface area contributed by atoms with Crippen molar-refractivity contribution >= 4 is 0 Å². The second kappa shape index (κ2) is 3.72. The van der Waals surface area contributed by atoms with Gasteiger partial charge in [-0.05, 0) is 13.0 Å². The largest absolute Gasteiger partial charge is 0.307 e. The van der Waals surface area contributed by atoms with Gasteiger partial charge in [0.2, 0.25) is 0 Å². The van der Waals surface area contributed by atoms with Crippen LogP contribution >= 0.6 is 0 Å². The molecule has 3 nitrogen and oxygen atoms in total. The minimum absolute atomic E-state index is 0.373. The van der Waals surface area contributed by atoms with Crippen molar-refractivity contribution in [2.75, 3.05) is 0 Å². The fourth-order valence-electron chi connectivity index (χ4n) is 1.39. The maximum absolute atomic E-state index is 4.12. The zero-order chi connectivity index (χ0) is 9.14. The molecule has 0 fully saturated rings. The van der Waals surface area contributed by atoms with Crippen LogP contribution in [-0.4, -0.2) is 15.8 Å². The van der Waals surface area contributed by atoms with E-state index in [-0.39, 0.29) is 0 Å². The molecule has 0 aliphatic heterocycles. The van der Waals surface area contributed by atoms with Crippen LogP contribution in [0.4, 0.5) is 0 Å². The minimum Gasteiger partial charge on any atom is -0.307 e. The van der Waals surface area contributed by atoms with Crippen LogP contribution < -0.4 is 5.32 Å². The summed E-state index contributed by atoms with van der Waals surface area (Å²) >= 11 is 0. The van der Waals surface area contributed by atoms with Crippen LogP contribution in [-0.2, 0) is 7.05 Å². The van der Waals surface area contributed by atoms with Crippen LogP contribution in [0, 0.1) is 0 Å². The van der Waals surface area contributed by atoms with Crippen LogP contribution in [0.1, 0.15) is 32.5 Å². The molecule has 0 saturated heterocycles. The van der Waals surface area contributed by atoms with Gasteiger partial charge in [0, 0.05) is 25.3 Å². The van der Waals surface area contributed by atoms with Crippen molar-refractivity contribution in [3.8, 4) is 0 Å². The Bertz CT molecular complexity index is 240. The number of hydrogen-bond acceptors (Lipinski definition) is 2. The highest BCUT2D eigenvalue weighted by molar-refractivity contribution is 5.05. The Labute approximate surface area is 73.8 Å². The molecule has 0 amide bonds. The number of nitrogens with zero attached hydrogens (tertiary/aromatic N) is 2. The van der Waals surface area contributed by atoms with Gasteiger partial charge < -0.3 is 5.32 Å². The van der Waals surface area contributed by atoms with Crippen molar-refractivity contribution in [2.45, 2.75) is 32.9 Å². The van der Waals surface area contributed by atoms with Crippen molar-refractivity contribution in [3.05, 3.63) is 18.0 Å². The molecule has 0 bridgehead atoms. The molecule has 0 spiro atoms. The van der Waals surface area contributed by atoms with E-state index in [1.165, 1.54) is 5.69 Å². The van der Waals surface area contributed by atoms with Gasteiger partial charge in [-0.15, -0.1) is 0 Å². The molecular weight excluding hydrogens is 150 g/mol. The van der Waals surface area contributed by atoms with Gasteiger partial charge in [-0.3, -0.25) is 4.68 Å². The lowest BCUT2D eigenvalue weighted by Gasteiger charge is -2.16. The lowest BCUT2D eigenvalue weighted by Crippen LogP contribution is -2.27. The highest BCUT2D eigenvalue weighted by Gasteiger charge is 2.08. The molecule has 1 unspecified atom stereocenters. The normalized spacial score (nSPS) is 13.8. The molecule has 1 atom stereocenters. The van der Waals surface area contributed by atoms with E-state index in [0.29, 0.717) is 12.1 Å². The Morgan fingerprint density at radius 3 is 2.50 bits per heavy atom. The van der Waals surface area contributed by atoms with E-state index in [1.807, 2.05) is 24.0 Å². The van der Waals surface area contributed by atoms with Gasteiger partial charge in [-0.1, -0.05) is 13.8 Å². The topological polar surface area (TPSA) is 29.9 Å². The molecule has 1 rings (SSSR count). The van der Waals surface area contributed by atoms with Crippen molar-refractivity contribution in [1.29, 1.82) is 0 Å². The number of nitrogens with one attached hydrogen (secondary N) is 1. The summed E-state index contributed by atoms with van der Waals surface area (Å²) in [4.78, 5) is 0. The molecule has 0 aliphatic carbocycles. The molecule has 12 heavy (non-hydrogen) atoms. The fourth-order valence-corrected chi connectivity index (χ4v) is 1.39. The fraction of sp³-hybridized carbons (Fsp3) is 0.667. The molecule has 0 aromatic carbocycles. The predicted molar refractivity (Wildman–Crippen MR) is 49.9 cm³/mol. The smallest absolute Gasteiger partial charge is 0.0547 e. The van der Waals surface area contributed by atoms with Gasteiger partial charge in [0.25, 0.3) is 0 Å². The monoisotopic (exact) mass is 167 g/mol. The van der Waals surface area contributed by atoms with Gasteiger partial charge in [-0.25, -0.2) is 0 Å². The van der Waals surface area contributed by atoms with Crippen molar-refractivity contribution in [3.63, 3.8) is 0 Å². The summed E-state index contributed by atoms with van der Waals surface area (Å²) in [6.45, 7) is 6.44. The summed E-state index contributed by atoms with van der Waals surface area (Å²) in [6.07, 6.45) is 1.83. The van der Waals surface area contributed by atoms with Gasteiger partial charge in [0.1, 0.15) is 0 Å². The molecule has 1 aromatic rings. The summed E-state index contributed by atoms with van der Waals surface area (Å²) in [5.41, 5.74) is 1.23. The van der Waals surface area contributed by atoms with Gasteiger partial charge in [-0.2, -0.15) is 5.10 Å². The molecule has 3 heteroatoms. The maximum Gasteiger partial charge on any atom is 0.0547 e. The van der Waals surface area contributed by atoms with E-state index in [4.69, 9.17) is 0 Å². The third-order valence-electron chi connectivity index (χ3n) is 1.89. The van der Waals surface area contributed by atoms with E-state index in [0.717, 1.165) is 0 Å². The number of rotatable bonds is 3. The van der Waals surface area contributed by atoms with Gasteiger partial charge in [0.15, 0.2) is 0 Å². The third-order valence-corrected chi connectivity index (χ3v) is 1.89. The molecule has 1 N–H and O–H groups in total. The van der Waals surface area contributed by atoms with Crippen LogP contribution in [0.25, 0.3) is 0 Å². The van der Waals surface area contributed by atoms with Crippen molar-refractivity contribution in [2.24, 2.45) is 7.05 Å². The van der Waals surface area contributed by atoms with E-state index in [1.54, 1.807) is 0 Å². The van der Waals surface area contributed by atoms with Crippen LogP contribution in [0.2, 0.25) is 0 Å². The number of aromatic nitrogens is 2. The molecule has 68 valence electrons. The van der Waals surface area contributed by atoms with Crippen LogP contribution in [0.15, 0.2) is 12.3 Å². The molecule has 1 heterocycles. The quantitative estimate of drug-likeness (QED) is 0.739. The third kappa shape index (κ3) is 2.08. The number of hydrogen-bond donors (Lipinski definition) is 1. The second-order valence-electron chi connectivity index (χ2n) is 3.42. The Morgan fingerprint density at radius 2 is 2.08 bits per heavy atom. The van der Waals surface area contributed by atoms with Crippen LogP contribution in [0.5, 0.6) is 0 Å². The van der Waals surface area contributed by atoms with Gasteiger partial charge >= 0.3 is 0 Å². The Kier molecular flexibility index (Phi) is 2.87. The van der Waals surface area contributed by atoms with Crippen molar-refractivity contribution < 1.29 is 0 Å². The maximum atomic E-state index is 4.12. The number of aryl methyl sites for hydroxylation is 1. The lowest BCUT2D eigenvalue weighted by molar-refractivity contribution is 0.479. The molecule has 0 saturated carbocycles. The Morgan fingerprint density at radius 1 is 1.42 bits per heavy atom. The average Bonchev–Trinajstić information content (AvgIpc) is 2.33. The first-order chi connectivity index (χ1) is 5.61. The van der Waals surface area contributed by atoms with E-state index >= 15 is 0 Å². The van der Waals surface area contributed by atoms with E-state index < -0.39 is 0 Å². The SMILES string of the molecule is CC(C)NC(C)c1ccnn1C. The zero-order valence-electron chi connectivity index (χ0n) is 8.20. The molecule has 0 aliphatic rings. The molecular formula is C9H17N3. The summed E-state index contributed by atoms with van der Waals surface area (Å²) < 4.78 is 1.90. The second-order valence-corrected chi connectivity index (χ2v) is 3.42. The zero-order valence-corrected chi connectivity index (χ0v) is 8.20. The first-order valence-corrected chi connectivity index (χ1v) is 4.35. The predicted octanol–water partition coefficient (Wildman–Crippen LogP) is 1.48. The van der Waals surface area contributed by atoms with Crippen molar-refractivity contribution in [1.82, 2.24) is 15.1 Å². The molecule has 0 radical (unpaired) electrons. The first kappa shape index (κ1) is 9.26. The summed E-state index contributed by atoms with van der Waals surface area (Å²) in [5.74, 6) is 0. The summed E-state index contributed by atoms with van der Waals surface area (Å²) in [5, 5.41) is 7.55. The summed E-state index contributed by atoms with van der Waals surface area (Å²) in [7, 11) is 1.97. The van der Waals surface area contributed by atoms with Crippen LogP contribution in [0.3, 0.4) is 0 Å². The highest BCUT2D eigenvalue weighted by atomic mass is 15.3. The Hall–Kier alpha value is -0.830. The highest BCUT2D eigenvalue weighted by Crippen LogP contribution is 2.10. The van der Waals surface area contributed by atoms with Gasteiger partial charge in [0.05, 0.1) is 5.69 Å². The average molecular weight is 167 g/mol.